The van der Waals surface area contributed by atoms with Crippen LogP contribution < -0.4 is 0 Å². The Kier molecular flexibility index (Phi) is 11.8. The van der Waals surface area contributed by atoms with Crippen molar-refractivity contribution in [1.29, 1.82) is 0 Å². The maximum atomic E-state index is 11.7. The SMILES string of the molecule is CC(C)(C)c1cc(-c2nccc3c4c(oc23)C(C)(C)CC4)[c-]c2ccccc12.CCC(CC)C(=O)/C=C(\O)C(CC)CC.[Ir]. The molecule has 1 aliphatic rings. The molecule has 2 aromatic carbocycles. The number of benzene rings is 2. The maximum absolute atomic E-state index is 11.7. The molecule has 44 heavy (non-hydrogen) atoms. The molecule has 0 fully saturated rings. The van der Waals surface area contributed by atoms with Crippen molar-refractivity contribution in [2.45, 2.75) is 112 Å². The van der Waals surface area contributed by atoms with Gasteiger partial charge < -0.3 is 9.52 Å². The summed E-state index contributed by atoms with van der Waals surface area (Å²) in [7, 11) is 0. The van der Waals surface area contributed by atoms with E-state index in [1.54, 1.807) is 0 Å². The van der Waals surface area contributed by atoms with Gasteiger partial charge in [-0.1, -0.05) is 91.5 Å². The molecular formula is C39H50IrNO3-. The average Bonchev–Trinajstić information content (AvgIpc) is 3.50. The minimum absolute atomic E-state index is 0. The first kappa shape index (κ1) is 35.7. The van der Waals surface area contributed by atoms with Crippen molar-refractivity contribution in [3.05, 3.63) is 77.4 Å². The Bertz CT molecular complexity index is 1610. The van der Waals surface area contributed by atoms with Gasteiger partial charge in [0, 0.05) is 66.3 Å². The van der Waals surface area contributed by atoms with Gasteiger partial charge in [-0.25, -0.2) is 0 Å². The van der Waals surface area contributed by atoms with E-state index in [1.807, 2.05) is 33.9 Å². The molecule has 1 radical (unpaired) electrons. The Balaban J connectivity index is 0.000000286. The van der Waals surface area contributed by atoms with E-state index in [1.165, 1.54) is 28.0 Å². The number of pyridine rings is 1. The number of aliphatic hydroxyl groups is 1. The van der Waals surface area contributed by atoms with Crippen LogP contribution >= 0.6 is 0 Å². The van der Waals surface area contributed by atoms with Gasteiger partial charge in [-0.3, -0.25) is 9.78 Å². The van der Waals surface area contributed by atoms with Gasteiger partial charge in [0.2, 0.25) is 0 Å². The average molecular weight is 773 g/mol. The van der Waals surface area contributed by atoms with E-state index in [2.05, 4.69) is 77.1 Å². The van der Waals surface area contributed by atoms with Crippen LogP contribution in [0.2, 0.25) is 0 Å². The number of aromatic nitrogens is 1. The number of carbonyl (C=O) groups excluding carboxylic acids is 1. The third-order valence-electron chi connectivity index (χ3n) is 9.24. The second-order valence-electron chi connectivity index (χ2n) is 13.7. The second-order valence-corrected chi connectivity index (χ2v) is 13.7. The number of furan rings is 1. The third kappa shape index (κ3) is 7.37. The molecule has 0 atom stereocenters. The summed E-state index contributed by atoms with van der Waals surface area (Å²) in [5.41, 5.74) is 5.63. The molecule has 2 heterocycles. The number of aryl methyl sites for hydroxylation is 1. The molecule has 0 saturated carbocycles. The fourth-order valence-electron chi connectivity index (χ4n) is 6.37. The van der Waals surface area contributed by atoms with Crippen LogP contribution in [0.1, 0.15) is 111 Å². The van der Waals surface area contributed by atoms with Crippen LogP contribution in [0.3, 0.4) is 0 Å². The molecule has 2 aromatic heterocycles. The summed E-state index contributed by atoms with van der Waals surface area (Å²) in [6.07, 6.45) is 9.04. The van der Waals surface area contributed by atoms with Gasteiger partial charge in [0.15, 0.2) is 5.78 Å². The zero-order chi connectivity index (χ0) is 31.5. The van der Waals surface area contributed by atoms with Gasteiger partial charge >= 0.3 is 0 Å². The number of hydrogen-bond donors (Lipinski definition) is 1. The zero-order valence-electron chi connectivity index (χ0n) is 28.1. The van der Waals surface area contributed by atoms with Crippen LogP contribution in [-0.2, 0) is 42.2 Å². The van der Waals surface area contributed by atoms with Crippen molar-refractivity contribution >= 4 is 27.5 Å². The van der Waals surface area contributed by atoms with E-state index in [-0.39, 0.29) is 54.3 Å². The summed E-state index contributed by atoms with van der Waals surface area (Å²) >= 11 is 0. The molecule has 239 valence electrons. The summed E-state index contributed by atoms with van der Waals surface area (Å²) in [5, 5.41) is 13.4. The van der Waals surface area contributed by atoms with Gasteiger partial charge in [0.25, 0.3) is 0 Å². The standard InChI is InChI=1S/C26H26NO.C13H24O2.Ir/c1-25(2,3)21-15-17(14-16-8-6-7-9-18(16)21)22-23-19(11-13-27-22)20-10-12-26(4,5)24(20)28-23;1-5-10(6-2)12(14)9-13(15)11(7-3)8-4;/h6-9,11,13,15H,10,12H2,1-5H3;9-11,14H,5-8H2,1-4H3;/q-1;;/b;12-9-;. The van der Waals surface area contributed by atoms with E-state index >= 15 is 0 Å². The number of allylic oxidation sites excluding steroid dienone is 2. The molecule has 0 saturated heterocycles. The molecule has 5 heteroatoms. The zero-order valence-corrected chi connectivity index (χ0v) is 30.5. The molecular weight excluding hydrogens is 723 g/mol. The second kappa shape index (κ2) is 14.6. The van der Waals surface area contributed by atoms with Gasteiger partial charge in [0.05, 0.1) is 5.76 Å². The normalized spacial score (nSPS) is 14.5. The Hall–Kier alpha value is -2.75. The Morgan fingerprint density at radius 1 is 1.02 bits per heavy atom. The Morgan fingerprint density at radius 3 is 2.27 bits per heavy atom. The molecule has 1 N–H and O–H groups in total. The molecule has 0 spiro atoms. The van der Waals surface area contributed by atoms with Crippen LogP contribution in [0.25, 0.3) is 33.0 Å². The molecule has 5 rings (SSSR count). The van der Waals surface area contributed by atoms with Gasteiger partial charge in [-0.15, -0.1) is 29.1 Å². The number of hydrogen-bond acceptors (Lipinski definition) is 4. The van der Waals surface area contributed by atoms with Crippen LogP contribution in [0, 0.1) is 17.9 Å². The first-order valence-electron chi connectivity index (χ1n) is 16.2. The minimum atomic E-state index is 0. The molecule has 0 unspecified atom stereocenters. The number of rotatable bonds is 8. The largest absolute Gasteiger partial charge is 0.512 e. The summed E-state index contributed by atoms with van der Waals surface area (Å²) in [6.45, 7) is 19.4. The van der Waals surface area contributed by atoms with E-state index in [4.69, 9.17) is 9.40 Å². The fraction of sp³-hybridized carbons (Fsp3) is 0.487. The van der Waals surface area contributed by atoms with E-state index < -0.39 is 0 Å². The van der Waals surface area contributed by atoms with Crippen molar-refractivity contribution < 1.29 is 34.4 Å². The summed E-state index contributed by atoms with van der Waals surface area (Å²) in [4.78, 5) is 16.5. The smallest absolute Gasteiger partial charge is 0.162 e. The van der Waals surface area contributed by atoms with Crippen molar-refractivity contribution in [1.82, 2.24) is 4.98 Å². The van der Waals surface area contributed by atoms with Crippen molar-refractivity contribution in [3.63, 3.8) is 0 Å². The number of carbonyl (C=O) groups is 1. The monoisotopic (exact) mass is 773 g/mol. The van der Waals surface area contributed by atoms with Crippen molar-refractivity contribution in [2.75, 3.05) is 0 Å². The third-order valence-corrected chi connectivity index (χ3v) is 9.24. The van der Waals surface area contributed by atoms with E-state index in [0.29, 0.717) is 0 Å². The molecule has 0 aliphatic heterocycles. The van der Waals surface area contributed by atoms with Gasteiger partial charge in [0.1, 0.15) is 11.3 Å². The molecule has 1 aliphatic carbocycles. The summed E-state index contributed by atoms with van der Waals surface area (Å²) < 4.78 is 6.47. The summed E-state index contributed by atoms with van der Waals surface area (Å²) in [5.74, 6) is 1.68. The summed E-state index contributed by atoms with van der Waals surface area (Å²) in [6, 6.07) is 16.5. The van der Waals surface area contributed by atoms with Gasteiger partial charge in [-0.2, -0.15) is 0 Å². The van der Waals surface area contributed by atoms with Crippen molar-refractivity contribution in [3.8, 4) is 11.3 Å². The number of nitrogens with zero attached hydrogens (tertiary/aromatic N) is 1. The van der Waals surface area contributed by atoms with Gasteiger partial charge in [-0.05, 0) is 50.0 Å². The van der Waals surface area contributed by atoms with Crippen LogP contribution in [-0.4, -0.2) is 15.9 Å². The number of aliphatic hydroxyl groups excluding tert-OH is 1. The first-order chi connectivity index (χ1) is 20.4. The molecule has 0 amide bonds. The predicted molar refractivity (Wildman–Crippen MR) is 180 cm³/mol. The fourth-order valence-corrected chi connectivity index (χ4v) is 6.37. The number of ketones is 1. The quantitative estimate of drug-likeness (QED) is 0.110. The van der Waals surface area contributed by atoms with E-state index in [9.17, 15) is 9.90 Å². The van der Waals surface area contributed by atoms with Crippen LogP contribution in [0.5, 0.6) is 0 Å². The first-order valence-corrected chi connectivity index (χ1v) is 16.2. The topological polar surface area (TPSA) is 63.3 Å². The van der Waals surface area contributed by atoms with E-state index in [0.717, 1.165) is 66.5 Å². The molecule has 4 aromatic rings. The van der Waals surface area contributed by atoms with Crippen LogP contribution in [0.4, 0.5) is 0 Å². The Morgan fingerprint density at radius 2 is 1.66 bits per heavy atom. The molecule has 0 bridgehead atoms. The Labute approximate surface area is 278 Å². The molecule has 4 nitrogen and oxygen atoms in total. The van der Waals surface area contributed by atoms with Crippen LogP contribution in [0.15, 0.2) is 58.8 Å². The maximum Gasteiger partial charge on any atom is 0.162 e. The predicted octanol–water partition coefficient (Wildman–Crippen LogP) is 10.8. The van der Waals surface area contributed by atoms with Crippen molar-refractivity contribution in [2.24, 2.45) is 11.8 Å². The minimum Gasteiger partial charge on any atom is -0.512 e. The number of fused-ring (bicyclic) bond motifs is 4.